The fraction of sp³-hybridized carbons (Fsp3) is 0.444. The van der Waals surface area contributed by atoms with Gasteiger partial charge in [0.05, 0.1) is 6.10 Å². The zero-order valence-corrected chi connectivity index (χ0v) is 12.7. The minimum absolute atomic E-state index is 0.181. The van der Waals surface area contributed by atoms with Crippen LogP contribution in [-0.2, 0) is 6.42 Å². The van der Waals surface area contributed by atoms with Gasteiger partial charge < -0.3 is 10.5 Å². The second kappa shape index (κ2) is 6.76. The quantitative estimate of drug-likeness (QED) is 0.850. The molecule has 0 aliphatic carbocycles. The molecule has 0 amide bonds. The van der Waals surface area contributed by atoms with Crippen molar-refractivity contribution >= 4 is 10.8 Å². The Morgan fingerprint density at radius 3 is 2.50 bits per heavy atom. The lowest BCUT2D eigenvalue weighted by Crippen LogP contribution is -2.22. The zero-order chi connectivity index (χ0) is 14.5. The molecule has 0 spiro atoms. The molecule has 0 saturated heterocycles. The van der Waals surface area contributed by atoms with E-state index in [2.05, 4.69) is 57.2 Å². The summed E-state index contributed by atoms with van der Waals surface area (Å²) in [6.45, 7) is 6.38. The molecule has 0 saturated carbocycles. The van der Waals surface area contributed by atoms with Crippen molar-refractivity contribution in [1.29, 1.82) is 0 Å². The predicted octanol–water partition coefficient (Wildman–Crippen LogP) is 4.30. The number of fused-ring (bicyclic) bond motifs is 1. The molecule has 2 nitrogen and oxygen atoms in total. The molecule has 2 N–H and O–H groups in total. The lowest BCUT2D eigenvalue weighted by molar-refractivity contribution is 0.215. The van der Waals surface area contributed by atoms with E-state index in [-0.39, 0.29) is 12.1 Å². The van der Waals surface area contributed by atoms with E-state index in [1.165, 1.54) is 16.3 Å². The first-order valence-electron chi connectivity index (χ1n) is 7.58. The van der Waals surface area contributed by atoms with Crippen LogP contribution in [0.5, 0.6) is 5.75 Å². The van der Waals surface area contributed by atoms with Crippen LogP contribution in [-0.4, -0.2) is 12.1 Å². The summed E-state index contributed by atoms with van der Waals surface area (Å²) in [5.41, 5.74) is 7.42. The van der Waals surface area contributed by atoms with Crippen molar-refractivity contribution < 1.29 is 4.74 Å². The van der Waals surface area contributed by atoms with E-state index >= 15 is 0 Å². The fourth-order valence-electron chi connectivity index (χ4n) is 2.34. The molecule has 2 aromatic carbocycles. The van der Waals surface area contributed by atoms with Crippen LogP contribution >= 0.6 is 0 Å². The summed E-state index contributed by atoms with van der Waals surface area (Å²) in [4.78, 5) is 0. The van der Waals surface area contributed by atoms with Crippen molar-refractivity contribution in [3.05, 3.63) is 42.0 Å². The average Bonchev–Trinajstić information content (AvgIpc) is 2.49. The summed E-state index contributed by atoms with van der Waals surface area (Å²) >= 11 is 0. The van der Waals surface area contributed by atoms with E-state index in [0.717, 1.165) is 25.0 Å². The lowest BCUT2D eigenvalue weighted by atomic mass is 9.97. The molecular formula is C18H25NO. The number of ether oxygens (including phenoxy) is 1. The monoisotopic (exact) mass is 271 g/mol. The highest BCUT2D eigenvalue weighted by Gasteiger charge is 2.13. The Kier molecular flexibility index (Phi) is 5.02. The van der Waals surface area contributed by atoms with Gasteiger partial charge in [0.1, 0.15) is 5.75 Å². The Morgan fingerprint density at radius 1 is 1.05 bits per heavy atom. The van der Waals surface area contributed by atoms with Gasteiger partial charge in [-0.3, -0.25) is 0 Å². The minimum Gasteiger partial charge on any atom is -0.490 e. The van der Waals surface area contributed by atoms with Gasteiger partial charge in [-0.05, 0) is 43.0 Å². The number of hydrogen-bond donors (Lipinski definition) is 1. The molecular weight excluding hydrogens is 246 g/mol. The van der Waals surface area contributed by atoms with Gasteiger partial charge in [0.15, 0.2) is 0 Å². The molecule has 20 heavy (non-hydrogen) atoms. The third-order valence-corrected chi connectivity index (χ3v) is 3.89. The summed E-state index contributed by atoms with van der Waals surface area (Å²) in [6, 6.07) is 12.9. The molecule has 0 aliphatic heterocycles. The van der Waals surface area contributed by atoms with Crippen molar-refractivity contribution in [2.45, 2.75) is 52.2 Å². The Morgan fingerprint density at radius 2 is 1.80 bits per heavy atom. The summed E-state index contributed by atoms with van der Waals surface area (Å²) in [6.07, 6.45) is 3.08. The molecule has 2 rings (SSSR count). The minimum atomic E-state index is 0.181. The summed E-state index contributed by atoms with van der Waals surface area (Å²) < 4.78 is 6.09. The lowest BCUT2D eigenvalue weighted by Gasteiger charge is -2.20. The topological polar surface area (TPSA) is 35.2 Å². The van der Waals surface area contributed by atoms with Crippen molar-refractivity contribution in [2.75, 3.05) is 0 Å². The summed E-state index contributed by atoms with van der Waals surface area (Å²) in [5, 5.41) is 2.51. The van der Waals surface area contributed by atoms with E-state index in [1.807, 2.05) is 0 Å². The highest BCUT2D eigenvalue weighted by molar-refractivity contribution is 5.87. The van der Waals surface area contributed by atoms with E-state index in [9.17, 15) is 0 Å². The molecule has 2 heteroatoms. The van der Waals surface area contributed by atoms with Crippen molar-refractivity contribution in [2.24, 2.45) is 5.73 Å². The van der Waals surface area contributed by atoms with Gasteiger partial charge in [0, 0.05) is 11.6 Å². The number of hydrogen-bond acceptors (Lipinski definition) is 2. The van der Waals surface area contributed by atoms with Crippen LogP contribution in [0, 0.1) is 0 Å². The first-order chi connectivity index (χ1) is 9.65. The van der Waals surface area contributed by atoms with Crippen LogP contribution in [0.1, 0.15) is 39.2 Å². The SMILES string of the molecule is CCC(N)Cc1c(OC(C)CC)ccc2ccccc12. The van der Waals surface area contributed by atoms with Crippen LogP contribution in [0.2, 0.25) is 0 Å². The van der Waals surface area contributed by atoms with E-state index in [1.54, 1.807) is 0 Å². The van der Waals surface area contributed by atoms with E-state index in [0.29, 0.717) is 0 Å². The Bertz CT molecular complexity index is 564. The fourth-order valence-corrected chi connectivity index (χ4v) is 2.34. The first-order valence-corrected chi connectivity index (χ1v) is 7.58. The molecule has 2 unspecified atom stereocenters. The van der Waals surface area contributed by atoms with Gasteiger partial charge >= 0.3 is 0 Å². The summed E-state index contributed by atoms with van der Waals surface area (Å²) in [7, 11) is 0. The molecule has 2 aromatic rings. The van der Waals surface area contributed by atoms with Gasteiger partial charge in [0.25, 0.3) is 0 Å². The van der Waals surface area contributed by atoms with Crippen LogP contribution in [0.15, 0.2) is 36.4 Å². The van der Waals surface area contributed by atoms with Crippen LogP contribution in [0.4, 0.5) is 0 Å². The van der Waals surface area contributed by atoms with Gasteiger partial charge in [-0.25, -0.2) is 0 Å². The van der Waals surface area contributed by atoms with Crippen LogP contribution < -0.4 is 10.5 Å². The molecule has 0 fully saturated rings. The normalized spacial score (nSPS) is 14.2. The summed E-state index contributed by atoms with van der Waals surface area (Å²) in [5.74, 6) is 0.988. The first kappa shape index (κ1) is 14.9. The third-order valence-electron chi connectivity index (χ3n) is 3.89. The second-order valence-electron chi connectivity index (χ2n) is 5.47. The van der Waals surface area contributed by atoms with Crippen molar-refractivity contribution in [3.63, 3.8) is 0 Å². The van der Waals surface area contributed by atoms with Gasteiger partial charge in [0.2, 0.25) is 0 Å². The number of rotatable bonds is 6. The van der Waals surface area contributed by atoms with Crippen LogP contribution in [0.25, 0.3) is 10.8 Å². The molecule has 2 atom stereocenters. The predicted molar refractivity (Wildman–Crippen MR) is 86.3 cm³/mol. The molecule has 0 aromatic heterocycles. The van der Waals surface area contributed by atoms with Gasteiger partial charge in [-0.2, -0.15) is 0 Å². The Hall–Kier alpha value is -1.54. The van der Waals surface area contributed by atoms with Crippen molar-refractivity contribution in [3.8, 4) is 5.75 Å². The smallest absolute Gasteiger partial charge is 0.123 e. The average molecular weight is 271 g/mol. The maximum absolute atomic E-state index is 6.17. The molecule has 0 heterocycles. The molecule has 0 radical (unpaired) electrons. The Balaban J connectivity index is 2.46. The molecule has 0 bridgehead atoms. The molecule has 108 valence electrons. The largest absolute Gasteiger partial charge is 0.490 e. The van der Waals surface area contributed by atoms with Crippen LogP contribution in [0.3, 0.4) is 0 Å². The molecule has 0 aliphatic rings. The Labute approximate surface area is 121 Å². The zero-order valence-electron chi connectivity index (χ0n) is 12.7. The standard InChI is InChI=1S/C18H25NO/c1-4-13(3)20-18-11-10-14-8-6-7-9-16(14)17(18)12-15(19)5-2/h6-11,13,15H,4-5,12,19H2,1-3H3. The van der Waals surface area contributed by atoms with Crippen molar-refractivity contribution in [1.82, 2.24) is 0 Å². The highest BCUT2D eigenvalue weighted by atomic mass is 16.5. The highest BCUT2D eigenvalue weighted by Crippen LogP contribution is 2.30. The number of benzene rings is 2. The van der Waals surface area contributed by atoms with Gasteiger partial charge in [-0.1, -0.05) is 44.2 Å². The second-order valence-corrected chi connectivity index (χ2v) is 5.47. The maximum atomic E-state index is 6.17. The van der Waals surface area contributed by atoms with E-state index in [4.69, 9.17) is 10.5 Å². The number of nitrogens with two attached hydrogens (primary N) is 1. The third kappa shape index (κ3) is 3.31. The maximum Gasteiger partial charge on any atom is 0.123 e. The van der Waals surface area contributed by atoms with Gasteiger partial charge in [-0.15, -0.1) is 0 Å². The van der Waals surface area contributed by atoms with E-state index < -0.39 is 0 Å².